The molecule has 25 heavy (non-hydrogen) atoms. The van der Waals surface area contributed by atoms with Crippen molar-refractivity contribution >= 4 is 11.9 Å². The highest BCUT2D eigenvalue weighted by Gasteiger charge is 2.50. The van der Waals surface area contributed by atoms with Crippen LogP contribution < -0.4 is 0 Å². The number of allylic oxidation sites excluding steroid dienone is 1. The minimum atomic E-state index is -0.642. The number of piperidine rings is 1. The van der Waals surface area contributed by atoms with Crippen molar-refractivity contribution in [3.63, 3.8) is 0 Å². The number of hydrogen-bond acceptors (Lipinski definition) is 4. The summed E-state index contributed by atoms with van der Waals surface area (Å²) in [5, 5.41) is 0. The first-order valence-electron chi connectivity index (χ1n) is 9.81. The SMILES string of the molecule is O=C1N=C(N2CCC3(CC2)OCC2=C3CCC=C2)OC12CCCCC2. The number of nitrogens with zero attached hydrogens (tertiary/aromatic N) is 2. The summed E-state index contributed by atoms with van der Waals surface area (Å²) in [5.41, 5.74) is 2.19. The van der Waals surface area contributed by atoms with Gasteiger partial charge in [0.15, 0.2) is 5.60 Å². The van der Waals surface area contributed by atoms with Gasteiger partial charge in [0, 0.05) is 13.1 Å². The molecule has 0 unspecified atom stereocenters. The fourth-order valence-corrected chi connectivity index (χ4v) is 5.18. The molecule has 1 saturated heterocycles. The number of carbonyl (C=O) groups excluding carboxylic acids is 1. The third-order valence-electron chi connectivity index (χ3n) is 6.70. The number of aliphatic imine (C=N–C) groups is 1. The van der Waals surface area contributed by atoms with Crippen molar-refractivity contribution in [2.75, 3.05) is 19.7 Å². The lowest BCUT2D eigenvalue weighted by Gasteiger charge is -2.41. The topological polar surface area (TPSA) is 51.1 Å². The third kappa shape index (κ3) is 2.39. The van der Waals surface area contributed by atoms with Gasteiger partial charge >= 0.3 is 0 Å². The zero-order valence-corrected chi connectivity index (χ0v) is 14.8. The lowest BCUT2D eigenvalue weighted by molar-refractivity contribution is -0.133. The van der Waals surface area contributed by atoms with Crippen LogP contribution >= 0.6 is 0 Å². The van der Waals surface area contributed by atoms with Crippen LogP contribution in [0.3, 0.4) is 0 Å². The molecule has 0 atom stereocenters. The largest absolute Gasteiger partial charge is 0.448 e. The van der Waals surface area contributed by atoms with Crippen LogP contribution in [0.2, 0.25) is 0 Å². The molecule has 5 heteroatoms. The van der Waals surface area contributed by atoms with Gasteiger partial charge in [-0.25, -0.2) is 0 Å². The predicted octanol–water partition coefficient (Wildman–Crippen LogP) is 3.11. The molecule has 0 aromatic carbocycles. The van der Waals surface area contributed by atoms with Gasteiger partial charge in [-0.2, -0.15) is 4.99 Å². The van der Waals surface area contributed by atoms with E-state index >= 15 is 0 Å². The monoisotopic (exact) mass is 342 g/mol. The Labute approximate surface area is 148 Å². The maximum absolute atomic E-state index is 12.5. The maximum atomic E-state index is 12.5. The van der Waals surface area contributed by atoms with Crippen LogP contribution in [-0.4, -0.2) is 47.7 Å². The zero-order chi connectivity index (χ0) is 16.9. The number of rotatable bonds is 0. The summed E-state index contributed by atoms with van der Waals surface area (Å²) < 4.78 is 12.4. The molecular formula is C20H26N2O3. The second-order valence-corrected chi connectivity index (χ2v) is 8.07. The Bertz CT molecular complexity index is 677. The molecule has 3 heterocycles. The minimum absolute atomic E-state index is 0.0537. The van der Waals surface area contributed by atoms with Gasteiger partial charge in [-0.1, -0.05) is 18.6 Å². The number of carbonyl (C=O) groups is 1. The highest BCUT2D eigenvalue weighted by Crippen LogP contribution is 2.45. The molecule has 134 valence electrons. The Morgan fingerprint density at radius 1 is 1.04 bits per heavy atom. The van der Waals surface area contributed by atoms with Crippen LogP contribution in [-0.2, 0) is 14.3 Å². The molecule has 2 spiro atoms. The molecule has 2 aliphatic carbocycles. The Hall–Kier alpha value is -1.62. The lowest BCUT2D eigenvalue weighted by atomic mass is 9.79. The molecule has 1 amide bonds. The molecule has 1 saturated carbocycles. The Morgan fingerprint density at radius 3 is 2.64 bits per heavy atom. The zero-order valence-electron chi connectivity index (χ0n) is 14.8. The normalized spacial score (nSPS) is 30.0. The highest BCUT2D eigenvalue weighted by molar-refractivity contribution is 6.01. The van der Waals surface area contributed by atoms with Crippen molar-refractivity contribution in [2.24, 2.45) is 4.99 Å². The molecule has 5 aliphatic rings. The molecule has 5 rings (SSSR count). The number of ether oxygens (including phenoxy) is 2. The van der Waals surface area contributed by atoms with E-state index in [1.54, 1.807) is 0 Å². The van der Waals surface area contributed by atoms with Crippen LogP contribution in [0, 0.1) is 0 Å². The standard InChI is InChI=1S/C20H26N2O3/c23-17-20(8-4-1-5-9-20)25-18(21-17)22-12-10-19(11-13-22)16-7-3-2-6-15(16)14-24-19/h2,6H,1,3-5,7-14H2. The second-order valence-electron chi connectivity index (χ2n) is 8.07. The van der Waals surface area contributed by atoms with E-state index in [0.29, 0.717) is 6.02 Å². The van der Waals surface area contributed by atoms with E-state index < -0.39 is 5.60 Å². The van der Waals surface area contributed by atoms with E-state index in [1.165, 1.54) is 17.6 Å². The third-order valence-corrected chi connectivity index (χ3v) is 6.70. The quantitative estimate of drug-likeness (QED) is 0.679. The molecule has 5 nitrogen and oxygen atoms in total. The average molecular weight is 342 g/mol. The van der Waals surface area contributed by atoms with E-state index in [2.05, 4.69) is 22.0 Å². The molecule has 0 N–H and O–H groups in total. The van der Waals surface area contributed by atoms with Crippen LogP contribution in [0.15, 0.2) is 28.3 Å². The van der Waals surface area contributed by atoms with E-state index in [4.69, 9.17) is 9.47 Å². The molecule has 3 aliphatic heterocycles. The summed E-state index contributed by atoms with van der Waals surface area (Å²) >= 11 is 0. The summed E-state index contributed by atoms with van der Waals surface area (Å²) in [4.78, 5) is 18.9. The molecule has 0 radical (unpaired) electrons. The van der Waals surface area contributed by atoms with Gasteiger partial charge in [-0.15, -0.1) is 0 Å². The van der Waals surface area contributed by atoms with Gasteiger partial charge in [-0.3, -0.25) is 4.79 Å². The first-order chi connectivity index (χ1) is 12.2. The summed E-state index contributed by atoms with van der Waals surface area (Å²) in [5.74, 6) is -0.0537. The lowest BCUT2D eigenvalue weighted by Crippen LogP contribution is -2.49. The number of fused-ring (bicyclic) bond motifs is 1. The van der Waals surface area contributed by atoms with Gasteiger partial charge in [0.25, 0.3) is 11.9 Å². The van der Waals surface area contributed by atoms with E-state index in [9.17, 15) is 4.79 Å². The van der Waals surface area contributed by atoms with Crippen molar-refractivity contribution in [3.05, 3.63) is 23.3 Å². The second kappa shape index (κ2) is 5.70. The van der Waals surface area contributed by atoms with Crippen molar-refractivity contribution in [1.29, 1.82) is 0 Å². The maximum Gasteiger partial charge on any atom is 0.296 e. The van der Waals surface area contributed by atoms with Crippen LogP contribution in [0.1, 0.15) is 57.8 Å². The van der Waals surface area contributed by atoms with E-state index in [1.807, 2.05) is 0 Å². The van der Waals surface area contributed by atoms with Crippen molar-refractivity contribution in [3.8, 4) is 0 Å². The van der Waals surface area contributed by atoms with Gasteiger partial charge in [0.05, 0.1) is 12.2 Å². The van der Waals surface area contributed by atoms with Crippen LogP contribution in [0.25, 0.3) is 0 Å². The first-order valence-corrected chi connectivity index (χ1v) is 9.81. The first kappa shape index (κ1) is 15.6. The molecule has 0 bridgehead atoms. The number of likely N-dealkylation sites (tertiary alicyclic amines) is 1. The molecule has 0 aromatic heterocycles. The predicted molar refractivity (Wildman–Crippen MR) is 94.2 cm³/mol. The van der Waals surface area contributed by atoms with E-state index in [-0.39, 0.29) is 11.5 Å². The Balaban J connectivity index is 1.28. The average Bonchev–Trinajstić information content (AvgIpc) is 3.16. The smallest absolute Gasteiger partial charge is 0.296 e. The molecule has 0 aromatic rings. The molecular weight excluding hydrogens is 316 g/mol. The van der Waals surface area contributed by atoms with Crippen molar-refractivity contribution in [2.45, 2.75) is 69.0 Å². The summed E-state index contributed by atoms with van der Waals surface area (Å²) in [6.45, 7) is 2.45. The van der Waals surface area contributed by atoms with Crippen LogP contribution in [0.4, 0.5) is 0 Å². The van der Waals surface area contributed by atoms with E-state index in [0.717, 1.165) is 71.1 Å². The number of hydrogen-bond donors (Lipinski definition) is 0. The fraction of sp³-hybridized carbons (Fsp3) is 0.700. The van der Waals surface area contributed by atoms with Crippen molar-refractivity contribution < 1.29 is 14.3 Å². The number of amidine groups is 1. The highest BCUT2D eigenvalue weighted by atomic mass is 16.5. The van der Waals surface area contributed by atoms with Crippen LogP contribution in [0.5, 0.6) is 0 Å². The van der Waals surface area contributed by atoms with Gasteiger partial charge in [0.1, 0.15) is 0 Å². The summed E-state index contributed by atoms with van der Waals surface area (Å²) in [6, 6.07) is 0.567. The van der Waals surface area contributed by atoms with Gasteiger partial charge in [-0.05, 0) is 62.5 Å². The Kier molecular flexibility index (Phi) is 3.56. The van der Waals surface area contributed by atoms with Gasteiger partial charge in [0.2, 0.25) is 0 Å². The van der Waals surface area contributed by atoms with Crippen molar-refractivity contribution in [1.82, 2.24) is 4.90 Å². The fourth-order valence-electron chi connectivity index (χ4n) is 5.18. The molecule has 2 fully saturated rings. The Morgan fingerprint density at radius 2 is 1.84 bits per heavy atom. The summed E-state index contributed by atoms with van der Waals surface area (Å²) in [7, 11) is 0. The van der Waals surface area contributed by atoms with Gasteiger partial charge < -0.3 is 14.4 Å². The summed E-state index contributed by atoms with van der Waals surface area (Å²) in [6.07, 6.45) is 13.7. The minimum Gasteiger partial charge on any atom is -0.448 e. The number of amides is 1.